The zero-order valence-corrected chi connectivity index (χ0v) is 14.2. The summed E-state index contributed by atoms with van der Waals surface area (Å²) in [6.07, 6.45) is 3.55. The molecular formula is C18H16BrN3O. The molecule has 4 nitrogen and oxygen atoms in total. The monoisotopic (exact) mass is 369 g/mol. The Hall–Kier alpha value is -2.40. The molecule has 0 aliphatic heterocycles. The molecule has 0 spiro atoms. The minimum atomic E-state index is 0.666. The quantitative estimate of drug-likeness (QED) is 0.516. The predicted octanol–water partition coefficient (Wildman–Crippen LogP) is 4.84. The summed E-state index contributed by atoms with van der Waals surface area (Å²) < 4.78 is 6.43. The van der Waals surface area contributed by atoms with E-state index in [2.05, 4.69) is 31.4 Å². The van der Waals surface area contributed by atoms with Crippen LogP contribution >= 0.6 is 15.9 Å². The number of hydrogen-bond donors (Lipinski definition) is 1. The highest BCUT2D eigenvalue weighted by atomic mass is 79.9. The molecule has 1 heterocycles. The van der Waals surface area contributed by atoms with Crippen LogP contribution in [0.2, 0.25) is 0 Å². The minimum Gasteiger partial charge on any atom is -0.494 e. The molecular weight excluding hydrogens is 354 g/mol. The molecule has 3 aromatic rings. The Labute approximate surface area is 143 Å². The average Bonchev–Trinajstić information content (AvgIpc) is 2.57. The lowest BCUT2D eigenvalue weighted by atomic mass is 10.2. The third kappa shape index (κ3) is 3.87. The maximum atomic E-state index is 5.42. The molecule has 0 aliphatic rings. The summed E-state index contributed by atoms with van der Waals surface area (Å²) in [5.41, 5.74) is 5.92. The van der Waals surface area contributed by atoms with E-state index in [4.69, 9.17) is 4.74 Å². The summed E-state index contributed by atoms with van der Waals surface area (Å²) in [7, 11) is 0. The Morgan fingerprint density at radius 3 is 2.78 bits per heavy atom. The number of hydrazone groups is 1. The molecule has 0 radical (unpaired) electrons. The SMILES string of the molecule is CCOc1ccc(/C=N/Nc2ccnc3ccc(Br)cc23)cc1. The average molecular weight is 370 g/mol. The Bertz CT molecular complexity index is 831. The van der Waals surface area contributed by atoms with Crippen LogP contribution in [0.5, 0.6) is 5.75 Å². The number of pyridine rings is 1. The van der Waals surface area contributed by atoms with Gasteiger partial charge in [0, 0.05) is 16.1 Å². The van der Waals surface area contributed by atoms with E-state index in [1.54, 1.807) is 12.4 Å². The Morgan fingerprint density at radius 1 is 1.17 bits per heavy atom. The second-order valence-electron chi connectivity index (χ2n) is 4.89. The molecule has 0 saturated heterocycles. The number of hydrogen-bond acceptors (Lipinski definition) is 4. The smallest absolute Gasteiger partial charge is 0.119 e. The van der Waals surface area contributed by atoms with Crippen molar-refractivity contribution in [1.29, 1.82) is 0 Å². The van der Waals surface area contributed by atoms with Crippen molar-refractivity contribution in [3.63, 3.8) is 0 Å². The molecule has 116 valence electrons. The number of anilines is 1. The summed E-state index contributed by atoms with van der Waals surface area (Å²) >= 11 is 3.49. The predicted molar refractivity (Wildman–Crippen MR) is 98.3 cm³/mol. The van der Waals surface area contributed by atoms with Crippen molar-refractivity contribution in [2.24, 2.45) is 5.10 Å². The molecule has 23 heavy (non-hydrogen) atoms. The maximum Gasteiger partial charge on any atom is 0.119 e. The first-order valence-corrected chi connectivity index (χ1v) is 8.12. The van der Waals surface area contributed by atoms with Gasteiger partial charge in [-0.2, -0.15) is 5.10 Å². The number of fused-ring (bicyclic) bond motifs is 1. The topological polar surface area (TPSA) is 46.5 Å². The lowest BCUT2D eigenvalue weighted by Gasteiger charge is -2.05. The van der Waals surface area contributed by atoms with Crippen molar-refractivity contribution in [2.75, 3.05) is 12.0 Å². The lowest BCUT2D eigenvalue weighted by Crippen LogP contribution is -1.94. The van der Waals surface area contributed by atoms with Gasteiger partial charge in [-0.3, -0.25) is 10.4 Å². The summed E-state index contributed by atoms with van der Waals surface area (Å²) in [5.74, 6) is 0.864. The van der Waals surface area contributed by atoms with Gasteiger partial charge in [-0.1, -0.05) is 15.9 Å². The number of rotatable bonds is 5. The third-order valence-corrected chi connectivity index (χ3v) is 3.79. The van der Waals surface area contributed by atoms with E-state index >= 15 is 0 Å². The van der Waals surface area contributed by atoms with Gasteiger partial charge in [0.2, 0.25) is 0 Å². The lowest BCUT2D eigenvalue weighted by molar-refractivity contribution is 0.340. The molecule has 3 rings (SSSR count). The van der Waals surface area contributed by atoms with Crippen LogP contribution in [0.15, 0.2) is 64.3 Å². The number of benzene rings is 2. The first-order chi connectivity index (χ1) is 11.3. The van der Waals surface area contributed by atoms with Gasteiger partial charge in [-0.05, 0) is 61.0 Å². The molecule has 1 aromatic heterocycles. The van der Waals surface area contributed by atoms with E-state index in [0.29, 0.717) is 6.61 Å². The molecule has 5 heteroatoms. The molecule has 1 N–H and O–H groups in total. The number of halogens is 1. The van der Waals surface area contributed by atoms with Gasteiger partial charge < -0.3 is 4.74 Å². The molecule has 0 aliphatic carbocycles. The normalized spacial score (nSPS) is 11.0. The summed E-state index contributed by atoms with van der Waals surface area (Å²) in [5, 5.41) is 5.33. The zero-order valence-electron chi connectivity index (χ0n) is 12.7. The van der Waals surface area contributed by atoms with E-state index in [1.807, 2.05) is 55.5 Å². The number of ether oxygens (including phenoxy) is 1. The number of nitrogens with one attached hydrogen (secondary N) is 1. The number of aromatic nitrogens is 1. The fraction of sp³-hybridized carbons (Fsp3) is 0.111. The molecule has 0 unspecified atom stereocenters. The first kappa shape index (κ1) is 15.5. The van der Waals surface area contributed by atoms with E-state index < -0.39 is 0 Å². The van der Waals surface area contributed by atoms with Crippen LogP contribution in [-0.4, -0.2) is 17.8 Å². The third-order valence-electron chi connectivity index (χ3n) is 3.29. The number of nitrogens with zero attached hydrogens (tertiary/aromatic N) is 2. The largest absolute Gasteiger partial charge is 0.494 e. The van der Waals surface area contributed by atoms with E-state index in [0.717, 1.165) is 32.4 Å². The van der Waals surface area contributed by atoms with Gasteiger partial charge in [-0.15, -0.1) is 0 Å². The summed E-state index contributed by atoms with van der Waals surface area (Å²) in [6.45, 7) is 2.64. The van der Waals surface area contributed by atoms with Crippen LogP contribution in [0.1, 0.15) is 12.5 Å². The zero-order chi connectivity index (χ0) is 16.1. The van der Waals surface area contributed by atoms with Crippen LogP contribution in [0, 0.1) is 0 Å². The second-order valence-corrected chi connectivity index (χ2v) is 5.81. The van der Waals surface area contributed by atoms with Crippen LogP contribution < -0.4 is 10.2 Å². The minimum absolute atomic E-state index is 0.666. The Kier molecular flexibility index (Phi) is 4.88. The van der Waals surface area contributed by atoms with Gasteiger partial charge >= 0.3 is 0 Å². The van der Waals surface area contributed by atoms with E-state index in [1.165, 1.54) is 0 Å². The molecule has 0 bridgehead atoms. The maximum absolute atomic E-state index is 5.42. The van der Waals surface area contributed by atoms with Crippen LogP contribution in [0.4, 0.5) is 5.69 Å². The van der Waals surface area contributed by atoms with Crippen LogP contribution in [-0.2, 0) is 0 Å². The van der Waals surface area contributed by atoms with Gasteiger partial charge in [0.15, 0.2) is 0 Å². The summed E-state index contributed by atoms with van der Waals surface area (Å²) in [4.78, 5) is 4.35. The highest BCUT2D eigenvalue weighted by molar-refractivity contribution is 9.10. The van der Waals surface area contributed by atoms with Crippen molar-refractivity contribution >= 4 is 38.7 Å². The Balaban J connectivity index is 1.76. The van der Waals surface area contributed by atoms with Crippen molar-refractivity contribution in [1.82, 2.24) is 4.98 Å². The van der Waals surface area contributed by atoms with Gasteiger partial charge in [-0.25, -0.2) is 0 Å². The fourth-order valence-corrected chi connectivity index (χ4v) is 2.57. The van der Waals surface area contributed by atoms with Crippen molar-refractivity contribution in [3.8, 4) is 5.75 Å². The molecule has 0 atom stereocenters. The van der Waals surface area contributed by atoms with Crippen molar-refractivity contribution < 1.29 is 4.74 Å². The van der Waals surface area contributed by atoms with Crippen LogP contribution in [0.3, 0.4) is 0 Å². The van der Waals surface area contributed by atoms with Gasteiger partial charge in [0.25, 0.3) is 0 Å². The Morgan fingerprint density at radius 2 is 2.00 bits per heavy atom. The van der Waals surface area contributed by atoms with Crippen LogP contribution in [0.25, 0.3) is 10.9 Å². The fourth-order valence-electron chi connectivity index (χ4n) is 2.21. The highest BCUT2D eigenvalue weighted by Crippen LogP contribution is 2.25. The summed E-state index contributed by atoms with van der Waals surface area (Å²) in [6, 6.07) is 15.7. The van der Waals surface area contributed by atoms with Gasteiger partial charge in [0.05, 0.1) is 24.0 Å². The second kappa shape index (κ2) is 7.24. The first-order valence-electron chi connectivity index (χ1n) is 7.32. The molecule has 0 saturated carbocycles. The van der Waals surface area contributed by atoms with Crippen molar-refractivity contribution in [2.45, 2.75) is 6.92 Å². The molecule has 0 amide bonds. The van der Waals surface area contributed by atoms with E-state index in [-0.39, 0.29) is 0 Å². The highest BCUT2D eigenvalue weighted by Gasteiger charge is 2.01. The van der Waals surface area contributed by atoms with Crippen molar-refractivity contribution in [3.05, 3.63) is 64.8 Å². The standard InChI is InChI=1S/C18H16BrN3O/c1-2-23-15-6-3-13(4-7-15)12-21-22-18-9-10-20-17-8-5-14(19)11-16(17)18/h3-12H,2H2,1H3,(H,20,22)/b21-12+. The molecule has 2 aromatic carbocycles. The van der Waals surface area contributed by atoms with Gasteiger partial charge in [0.1, 0.15) is 5.75 Å². The molecule has 0 fully saturated rings. The van der Waals surface area contributed by atoms with E-state index in [9.17, 15) is 0 Å².